The number of rotatable bonds is 6. The molecule has 1 aromatic carbocycles. The first kappa shape index (κ1) is 12.4. The number of hydrogen-bond acceptors (Lipinski definition) is 3. The highest BCUT2D eigenvalue weighted by molar-refractivity contribution is 9.10. The fraction of sp³-hybridized carbons (Fsp3) is 0.462. The largest absolute Gasteiger partial charge is 0.384 e. The van der Waals surface area contributed by atoms with E-state index < -0.39 is 0 Å². The summed E-state index contributed by atoms with van der Waals surface area (Å²) in [4.78, 5) is 0. The van der Waals surface area contributed by atoms with E-state index in [4.69, 9.17) is 5.26 Å². The lowest BCUT2D eigenvalue weighted by molar-refractivity contribution is 0.659. The quantitative estimate of drug-likeness (QED) is 0.793. The minimum Gasteiger partial charge on any atom is -0.384 e. The van der Waals surface area contributed by atoms with E-state index in [1.165, 1.54) is 12.8 Å². The Hall–Kier alpha value is -1.05. The highest BCUT2D eigenvalue weighted by atomic mass is 79.9. The summed E-state index contributed by atoms with van der Waals surface area (Å²) < 4.78 is 0.848. The van der Waals surface area contributed by atoms with E-state index in [1.807, 2.05) is 18.2 Å². The van der Waals surface area contributed by atoms with Gasteiger partial charge in [-0.25, -0.2) is 0 Å². The first-order valence-electron chi connectivity index (χ1n) is 5.97. The van der Waals surface area contributed by atoms with E-state index in [0.29, 0.717) is 5.56 Å². The van der Waals surface area contributed by atoms with Crippen LogP contribution in [0.3, 0.4) is 0 Å². The smallest absolute Gasteiger partial charge is 0.103 e. The van der Waals surface area contributed by atoms with Crippen molar-refractivity contribution in [3.8, 4) is 6.07 Å². The summed E-state index contributed by atoms with van der Waals surface area (Å²) in [6.07, 6.45) is 3.74. The van der Waals surface area contributed by atoms with Gasteiger partial charge in [-0.2, -0.15) is 5.26 Å². The van der Waals surface area contributed by atoms with Crippen LogP contribution >= 0.6 is 15.9 Å². The van der Waals surface area contributed by atoms with E-state index in [0.717, 1.165) is 35.7 Å². The summed E-state index contributed by atoms with van der Waals surface area (Å²) >= 11 is 3.38. The average Bonchev–Trinajstić information content (AvgIpc) is 3.13. The lowest BCUT2D eigenvalue weighted by Gasteiger charge is -2.09. The van der Waals surface area contributed by atoms with Crippen LogP contribution in [0.2, 0.25) is 0 Å². The lowest BCUT2D eigenvalue weighted by Crippen LogP contribution is -2.20. The zero-order valence-electron chi connectivity index (χ0n) is 9.67. The maximum atomic E-state index is 9.05. The van der Waals surface area contributed by atoms with Crippen LogP contribution in [-0.4, -0.2) is 19.1 Å². The number of nitrogens with zero attached hydrogens (tertiary/aromatic N) is 1. The second-order valence-electron chi connectivity index (χ2n) is 4.28. The minimum atomic E-state index is 0.683. The number of anilines is 1. The molecule has 0 unspecified atom stereocenters. The van der Waals surface area contributed by atoms with Crippen LogP contribution in [0.5, 0.6) is 0 Å². The lowest BCUT2D eigenvalue weighted by atomic mass is 10.2. The molecule has 0 aliphatic heterocycles. The number of nitriles is 1. The van der Waals surface area contributed by atoms with Crippen molar-refractivity contribution in [2.45, 2.75) is 25.3 Å². The van der Waals surface area contributed by atoms with Gasteiger partial charge in [0.15, 0.2) is 0 Å². The first-order chi connectivity index (χ1) is 8.31. The third kappa shape index (κ3) is 3.72. The van der Waals surface area contributed by atoms with Gasteiger partial charge in [-0.05, 0) is 53.9 Å². The molecule has 17 heavy (non-hydrogen) atoms. The van der Waals surface area contributed by atoms with Gasteiger partial charge in [0, 0.05) is 17.1 Å². The van der Waals surface area contributed by atoms with Crippen LogP contribution < -0.4 is 10.6 Å². The molecule has 1 fully saturated rings. The molecule has 0 spiro atoms. The average molecular weight is 294 g/mol. The second kappa shape index (κ2) is 6.04. The molecule has 0 aromatic heterocycles. The van der Waals surface area contributed by atoms with E-state index >= 15 is 0 Å². The Morgan fingerprint density at radius 2 is 2.18 bits per heavy atom. The van der Waals surface area contributed by atoms with Crippen LogP contribution in [0.15, 0.2) is 22.7 Å². The van der Waals surface area contributed by atoms with Gasteiger partial charge in [0.1, 0.15) is 6.07 Å². The van der Waals surface area contributed by atoms with Gasteiger partial charge in [0.25, 0.3) is 0 Å². The summed E-state index contributed by atoms with van der Waals surface area (Å²) in [5, 5.41) is 15.8. The van der Waals surface area contributed by atoms with Crippen LogP contribution in [0.25, 0.3) is 0 Å². The molecule has 3 nitrogen and oxygen atoms in total. The molecule has 0 amide bonds. The predicted molar refractivity (Wildman–Crippen MR) is 73.0 cm³/mol. The van der Waals surface area contributed by atoms with Crippen molar-refractivity contribution in [1.29, 1.82) is 5.26 Å². The van der Waals surface area contributed by atoms with Gasteiger partial charge in [0.05, 0.1) is 11.3 Å². The highest BCUT2D eigenvalue weighted by Gasteiger charge is 2.19. The fourth-order valence-corrected chi connectivity index (χ4v) is 2.15. The predicted octanol–water partition coefficient (Wildman–Crippen LogP) is 2.87. The molecule has 0 saturated heterocycles. The molecule has 4 heteroatoms. The molecule has 1 aliphatic rings. The Bertz CT molecular complexity index is 421. The summed E-state index contributed by atoms with van der Waals surface area (Å²) in [5.41, 5.74) is 1.59. The summed E-state index contributed by atoms with van der Waals surface area (Å²) in [7, 11) is 0. The Labute approximate surface area is 110 Å². The topological polar surface area (TPSA) is 47.9 Å². The molecule has 0 heterocycles. The maximum Gasteiger partial charge on any atom is 0.103 e. The Morgan fingerprint density at radius 3 is 2.88 bits per heavy atom. The number of nitrogens with one attached hydrogen (secondary N) is 2. The Balaban J connectivity index is 1.77. The number of hydrogen-bond donors (Lipinski definition) is 2. The van der Waals surface area contributed by atoms with Crippen molar-refractivity contribution >= 4 is 21.6 Å². The van der Waals surface area contributed by atoms with Gasteiger partial charge < -0.3 is 10.6 Å². The minimum absolute atomic E-state index is 0.683. The van der Waals surface area contributed by atoms with Crippen molar-refractivity contribution in [3.63, 3.8) is 0 Å². The van der Waals surface area contributed by atoms with E-state index in [-0.39, 0.29) is 0 Å². The van der Waals surface area contributed by atoms with Gasteiger partial charge in [-0.3, -0.25) is 0 Å². The first-order valence-corrected chi connectivity index (χ1v) is 6.76. The molecule has 1 aliphatic carbocycles. The monoisotopic (exact) mass is 293 g/mol. The molecule has 2 rings (SSSR count). The standard InChI is InChI=1S/C13H16BrN3/c14-12-3-1-4-13(11(12)9-15)17-8-2-7-16-10-5-6-10/h1,3-4,10,16-17H,2,5-8H2. The molecule has 1 aromatic rings. The normalized spacial score (nSPS) is 14.4. The zero-order chi connectivity index (χ0) is 12.1. The van der Waals surface area contributed by atoms with Gasteiger partial charge in [-0.15, -0.1) is 0 Å². The number of halogens is 1. The van der Waals surface area contributed by atoms with Crippen LogP contribution in [0, 0.1) is 11.3 Å². The van der Waals surface area contributed by atoms with Crippen LogP contribution in [-0.2, 0) is 0 Å². The molecular formula is C13H16BrN3. The third-order valence-corrected chi connectivity index (χ3v) is 3.47. The highest BCUT2D eigenvalue weighted by Crippen LogP contribution is 2.23. The SMILES string of the molecule is N#Cc1c(Br)cccc1NCCCNC1CC1. The van der Waals surface area contributed by atoms with Crippen molar-refractivity contribution in [3.05, 3.63) is 28.2 Å². The fourth-order valence-electron chi connectivity index (χ4n) is 1.69. The van der Waals surface area contributed by atoms with Gasteiger partial charge in [0.2, 0.25) is 0 Å². The third-order valence-electron chi connectivity index (χ3n) is 2.80. The molecule has 1 saturated carbocycles. The molecule has 0 radical (unpaired) electrons. The molecular weight excluding hydrogens is 278 g/mol. The van der Waals surface area contributed by atoms with Crippen LogP contribution in [0.4, 0.5) is 5.69 Å². The Kier molecular flexibility index (Phi) is 4.41. The summed E-state index contributed by atoms with van der Waals surface area (Å²) in [6.45, 7) is 1.94. The van der Waals surface area contributed by atoms with Gasteiger partial charge >= 0.3 is 0 Å². The van der Waals surface area contributed by atoms with Gasteiger partial charge in [-0.1, -0.05) is 6.07 Å². The summed E-state index contributed by atoms with van der Waals surface area (Å²) in [6, 6.07) is 8.75. The van der Waals surface area contributed by atoms with E-state index in [1.54, 1.807) is 0 Å². The van der Waals surface area contributed by atoms with Crippen molar-refractivity contribution < 1.29 is 0 Å². The molecule has 2 N–H and O–H groups in total. The molecule has 0 atom stereocenters. The molecule has 90 valence electrons. The molecule has 0 bridgehead atoms. The second-order valence-corrected chi connectivity index (χ2v) is 5.14. The van der Waals surface area contributed by atoms with E-state index in [2.05, 4.69) is 32.6 Å². The van der Waals surface area contributed by atoms with Crippen molar-refractivity contribution in [2.24, 2.45) is 0 Å². The maximum absolute atomic E-state index is 9.05. The summed E-state index contributed by atoms with van der Waals surface area (Å²) in [5.74, 6) is 0. The zero-order valence-corrected chi connectivity index (χ0v) is 11.3. The van der Waals surface area contributed by atoms with Crippen LogP contribution in [0.1, 0.15) is 24.8 Å². The van der Waals surface area contributed by atoms with Crippen molar-refractivity contribution in [1.82, 2.24) is 5.32 Å². The number of benzene rings is 1. The Morgan fingerprint density at radius 1 is 1.35 bits per heavy atom. The van der Waals surface area contributed by atoms with E-state index in [9.17, 15) is 0 Å². The van der Waals surface area contributed by atoms with Crippen molar-refractivity contribution in [2.75, 3.05) is 18.4 Å².